The molecular weight excluding hydrogens is 168 g/mol. The topological polar surface area (TPSA) is 35.8 Å². The summed E-state index contributed by atoms with van der Waals surface area (Å²) in [5.74, 6) is 0. The molecule has 0 saturated carbocycles. The van der Waals surface area contributed by atoms with Crippen molar-refractivity contribution in [2.24, 2.45) is 5.41 Å². The normalized spacial score (nSPS) is 10.8. The standard InChI is InChI=1S/C9H12N2S/c1-9(2,6-10)7-11-8-4-3-5-12-8/h3-5,11H,7H2,1-2H3. The van der Waals surface area contributed by atoms with Crippen LogP contribution in [-0.2, 0) is 0 Å². The van der Waals surface area contributed by atoms with Gasteiger partial charge in [-0.2, -0.15) is 5.26 Å². The van der Waals surface area contributed by atoms with Gasteiger partial charge < -0.3 is 5.32 Å². The maximum absolute atomic E-state index is 8.74. The third-order valence-electron chi connectivity index (χ3n) is 1.53. The summed E-state index contributed by atoms with van der Waals surface area (Å²) in [6.45, 7) is 4.55. The summed E-state index contributed by atoms with van der Waals surface area (Å²) < 4.78 is 0. The fourth-order valence-corrected chi connectivity index (χ4v) is 1.34. The van der Waals surface area contributed by atoms with Crippen LogP contribution >= 0.6 is 11.3 Å². The quantitative estimate of drug-likeness (QED) is 0.776. The molecule has 0 bridgehead atoms. The van der Waals surface area contributed by atoms with E-state index in [0.29, 0.717) is 6.54 Å². The molecule has 0 radical (unpaired) electrons. The minimum atomic E-state index is -0.288. The lowest BCUT2D eigenvalue weighted by Gasteiger charge is -2.15. The largest absolute Gasteiger partial charge is 0.375 e. The first-order valence-corrected chi connectivity index (χ1v) is 4.71. The zero-order valence-electron chi connectivity index (χ0n) is 7.29. The van der Waals surface area contributed by atoms with E-state index in [2.05, 4.69) is 11.4 Å². The van der Waals surface area contributed by atoms with Crippen LogP contribution in [0.1, 0.15) is 13.8 Å². The number of hydrogen-bond acceptors (Lipinski definition) is 3. The monoisotopic (exact) mass is 180 g/mol. The van der Waals surface area contributed by atoms with E-state index in [1.807, 2.05) is 31.4 Å². The molecule has 2 nitrogen and oxygen atoms in total. The van der Waals surface area contributed by atoms with Crippen molar-refractivity contribution in [2.75, 3.05) is 11.9 Å². The number of rotatable bonds is 3. The first-order chi connectivity index (χ1) is 5.64. The van der Waals surface area contributed by atoms with Crippen LogP contribution in [-0.4, -0.2) is 6.54 Å². The summed E-state index contributed by atoms with van der Waals surface area (Å²) in [5.41, 5.74) is -0.288. The van der Waals surface area contributed by atoms with Gasteiger partial charge in [-0.05, 0) is 31.4 Å². The summed E-state index contributed by atoms with van der Waals surface area (Å²) in [6.07, 6.45) is 0. The SMILES string of the molecule is CC(C)(C#N)CNc1cccs1. The lowest BCUT2D eigenvalue weighted by molar-refractivity contribution is 0.529. The average molecular weight is 180 g/mol. The summed E-state index contributed by atoms with van der Waals surface area (Å²) in [4.78, 5) is 0. The Morgan fingerprint density at radius 1 is 1.67 bits per heavy atom. The van der Waals surface area contributed by atoms with Crippen molar-refractivity contribution in [2.45, 2.75) is 13.8 Å². The Bertz CT molecular complexity index is 269. The van der Waals surface area contributed by atoms with Crippen LogP contribution in [0.25, 0.3) is 0 Å². The molecule has 1 aromatic rings. The molecule has 12 heavy (non-hydrogen) atoms. The van der Waals surface area contributed by atoms with Gasteiger partial charge in [0.1, 0.15) is 0 Å². The minimum Gasteiger partial charge on any atom is -0.375 e. The highest BCUT2D eigenvalue weighted by atomic mass is 32.1. The third kappa shape index (κ3) is 2.55. The highest BCUT2D eigenvalue weighted by Crippen LogP contribution is 2.19. The Hall–Kier alpha value is -1.01. The van der Waals surface area contributed by atoms with Gasteiger partial charge >= 0.3 is 0 Å². The zero-order valence-corrected chi connectivity index (χ0v) is 8.11. The second kappa shape index (κ2) is 3.59. The number of thiophene rings is 1. The van der Waals surface area contributed by atoms with Crippen molar-refractivity contribution in [1.29, 1.82) is 5.26 Å². The molecule has 1 heterocycles. The summed E-state index contributed by atoms with van der Waals surface area (Å²) >= 11 is 1.65. The van der Waals surface area contributed by atoms with Gasteiger partial charge in [0.15, 0.2) is 0 Å². The van der Waals surface area contributed by atoms with Gasteiger partial charge in [0.2, 0.25) is 0 Å². The van der Waals surface area contributed by atoms with E-state index in [4.69, 9.17) is 5.26 Å². The molecule has 3 heteroatoms. The van der Waals surface area contributed by atoms with Crippen LogP contribution in [0.5, 0.6) is 0 Å². The lowest BCUT2D eigenvalue weighted by atomic mass is 9.96. The van der Waals surface area contributed by atoms with Crippen LogP contribution < -0.4 is 5.32 Å². The molecule has 1 rings (SSSR count). The molecule has 1 aromatic heterocycles. The van der Waals surface area contributed by atoms with E-state index in [9.17, 15) is 0 Å². The maximum Gasteiger partial charge on any atom is 0.0882 e. The number of nitriles is 1. The zero-order chi connectivity index (χ0) is 9.03. The van der Waals surface area contributed by atoms with Gasteiger partial charge in [-0.1, -0.05) is 0 Å². The molecular formula is C9H12N2S. The highest BCUT2D eigenvalue weighted by Gasteiger charge is 2.15. The molecule has 0 aromatic carbocycles. The number of anilines is 1. The van der Waals surface area contributed by atoms with E-state index in [-0.39, 0.29) is 5.41 Å². The molecule has 0 unspecified atom stereocenters. The number of nitrogens with one attached hydrogen (secondary N) is 1. The van der Waals surface area contributed by atoms with Crippen LogP contribution in [0, 0.1) is 16.7 Å². The second-order valence-electron chi connectivity index (χ2n) is 3.33. The fraction of sp³-hybridized carbons (Fsp3) is 0.444. The predicted molar refractivity (Wildman–Crippen MR) is 52.2 cm³/mol. The van der Waals surface area contributed by atoms with Crippen molar-refractivity contribution in [3.8, 4) is 6.07 Å². The predicted octanol–water partition coefficient (Wildman–Crippen LogP) is 2.71. The Balaban J connectivity index is 2.42. The van der Waals surface area contributed by atoms with Crippen molar-refractivity contribution < 1.29 is 0 Å². The minimum absolute atomic E-state index is 0.288. The van der Waals surface area contributed by atoms with E-state index in [1.165, 1.54) is 0 Å². The molecule has 0 spiro atoms. The summed E-state index contributed by atoms with van der Waals surface area (Å²) in [7, 11) is 0. The molecule has 0 saturated heterocycles. The third-order valence-corrected chi connectivity index (χ3v) is 2.36. The van der Waals surface area contributed by atoms with E-state index in [0.717, 1.165) is 5.00 Å². The molecule has 64 valence electrons. The van der Waals surface area contributed by atoms with Crippen LogP contribution in [0.3, 0.4) is 0 Å². The van der Waals surface area contributed by atoms with Gasteiger partial charge in [-0.25, -0.2) is 0 Å². The Morgan fingerprint density at radius 2 is 2.42 bits per heavy atom. The lowest BCUT2D eigenvalue weighted by Crippen LogP contribution is -2.20. The molecule has 0 aliphatic rings. The summed E-state index contributed by atoms with van der Waals surface area (Å²) in [6, 6.07) is 6.25. The molecule has 0 fully saturated rings. The molecule has 0 atom stereocenters. The van der Waals surface area contributed by atoms with Crippen LogP contribution in [0.2, 0.25) is 0 Å². The Kier molecular flexibility index (Phi) is 2.72. The first kappa shape index (κ1) is 9.08. The smallest absolute Gasteiger partial charge is 0.0882 e. The molecule has 0 aliphatic carbocycles. The Morgan fingerprint density at radius 3 is 2.92 bits per heavy atom. The van der Waals surface area contributed by atoms with Gasteiger partial charge in [0.05, 0.1) is 16.5 Å². The van der Waals surface area contributed by atoms with Gasteiger partial charge in [-0.15, -0.1) is 11.3 Å². The number of hydrogen-bond donors (Lipinski definition) is 1. The van der Waals surface area contributed by atoms with E-state index in [1.54, 1.807) is 11.3 Å². The number of nitrogens with zero attached hydrogens (tertiary/aromatic N) is 1. The Labute approximate surface area is 76.8 Å². The van der Waals surface area contributed by atoms with Crippen molar-refractivity contribution in [1.82, 2.24) is 0 Å². The average Bonchev–Trinajstić information content (AvgIpc) is 2.53. The van der Waals surface area contributed by atoms with E-state index >= 15 is 0 Å². The second-order valence-corrected chi connectivity index (χ2v) is 4.27. The van der Waals surface area contributed by atoms with Gasteiger partial charge in [-0.3, -0.25) is 0 Å². The first-order valence-electron chi connectivity index (χ1n) is 3.83. The molecule has 1 N–H and O–H groups in total. The van der Waals surface area contributed by atoms with Crippen molar-refractivity contribution in [3.63, 3.8) is 0 Å². The van der Waals surface area contributed by atoms with Crippen molar-refractivity contribution >= 4 is 16.3 Å². The van der Waals surface area contributed by atoms with E-state index < -0.39 is 0 Å². The van der Waals surface area contributed by atoms with Crippen LogP contribution in [0.15, 0.2) is 17.5 Å². The molecule has 0 aliphatic heterocycles. The highest BCUT2D eigenvalue weighted by molar-refractivity contribution is 7.14. The molecule has 0 amide bonds. The fourth-order valence-electron chi connectivity index (χ4n) is 0.727. The maximum atomic E-state index is 8.74. The van der Waals surface area contributed by atoms with Gasteiger partial charge in [0, 0.05) is 6.54 Å². The van der Waals surface area contributed by atoms with Crippen molar-refractivity contribution in [3.05, 3.63) is 17.5 Å². The summed E-state index contributed by atoms with van der Waals surface area (Å²) in [5, 5.41) is 15.1. The van der Waals surface area contributed by atoms with Crippen LogP contribution in [0.4, 0.5) is 5.00 Å². The van der Waals surface area contributed by atoms with Gasteiger partial charge in [0.25, 0.3) is 0 Å².